The van der Waals surface area contributed by atoms with Crippen LogP contribution in [0.3, 0.4) is 0 Å². The number of benzene rings is 1. The van der Waals surface area contributed by atoms with Crippen LogP contribution in [-0.4, -0.2) is 29.8 Å². The van der Waals surface area contributed by atoms with E-state index >= 15 is 0 Å². The second kappa shape index (κ2) is 6.00. The molecule has 3 rings (SSSR count). The number of carbonyl (C=O) groups excluding carboxylic acids is 1. The van der Waals surface area contributed by atoms with E-state index in [4.69, 9.17) is 0 Å². The molecule has 1 aliphatic carbocycles. The van der Waals surface area contributed by atoms with Crippen LogP contribution < -0.4 is 4.90 Å². The minimum atomic E-state index is 0.140. The van der Waals surface area contributed by atoms with Gasteiger partial charge in [-0.05, 0) is 28.9 Å². The van der Waals surface area contributed by atoms with Crippen molar-refractivity contribution in [3.8, 4) is 0 Å². The summed E-state index contributed by atoms with van der Waals surface area (Å²) in [6, 6.07) is 8.69. The van der Waals surface area contributed by atoms with Crippen molar-refractivity contribution in [1.29, 1.82) is 0 Å². The highest BCUT2D eigenvalue weighted by Gasteiger charge is 2.28. The number of aromatic nitrogens is 2. The number of fused-ring (bicyclic) bond motifs is 1. The Kier molecular flexibility index (Phi) is 4.16. The van der Waals surface area contributed by atoms with E-state index in [1.807, 2.05) is 19.0 Å². The van der Waals surface area contributed by atoms with Gasteiger partial charge in [-0.25, -0.2) is 9.97 Å². The van der Waals surface area contributed by atoms with Crippen LogP contribution in [-0.2, 0) is 11.8 Å². The van der Waals surface area contributed by atoms with Crippen LogP contribution in [0.1, 0.15) is 60.3 Å². The summed E-state index contributed by atoms with van der Waals surface area (Å²) in [6.07, 6.45) is 3.00. The van der Waals surface area contributed by atoms with Gasteiger partial charge in [-0.3, -0.25) is 4.79 Å². The van der Waals surface area contributed by atoms with E-state index in [9.17, 15) is 4.79 Å². The van der Waals surface area contributed by atoms with Gasteiger partial charge in [0.1, 0.15) is 0 Å². The molecule has 0 radical (unpaired) electrons. The first-order valence-corrected chi connectivity index (χ1v) is 8.42. The molecule has 0 saturated carbocycles. The zero-order chi connectivity index (χ0) is 17.5. The maximum atomic E-state index is 12.5. The summed E-state index contributed by atoms with van der Waals surface area (Å²) in [5.41, 5.74) is 4.22. The topological polar surface area (TPSA) is 46.1 Å². The van der Waals surface area contributed by atoms with Crippen LogP contribution in [0, 0.1) is 0 Å². The van der Waals surface area contributed by atoms with E-state index in [0.29, 0.717) is 17.9 Å². The fourth-order valence-corrected chi connectivity index (χ4v) is 3.14. The molecule has 1 aliphatic rings. The lowest BCUT2D eigenvalue weighted by molar-refractivity contribution is 0.0962. The summed E-state index contributed by atoms with van der Waals surface area (Å²) in [5, 5.41) is 0. The molecule has 0 spiro atoms. The summed E-state index contributed by atoms with van der Waals surface area (Å²) in [4.78, 5) is 23.2. The molecule has 0 amide bonds. The standard InChI is InChI=1S/C20H25N3O/c1-20(2,3)15-8-6-13(7-9-15)14-10-17-16(18(24)11-14)12-21-19(22-17)23(4)5/h6-9,12,14H,10-11H2,1-5H3/t14-/m1/s1. The zero-order valence-electron chi connectivity index (χ0n) is 15.1. The highest BCUT2D eigenvalue weighted by atomic mass is 16.1. The van der Waals surface area contributed by atoms with Crippen molar-refractivity contribution in [2.24, 2.45) is 0 Å². The van der Waals surface area contributed by atoms with Crippen LogP contribution in [0.25, 0.3) is 0 Å². The highest BCUT2D eigenvalue weighted by Crippen LogP contribution is 2.33. The van der Waals surface area contributed by atoms with Crippen molar-refractivity contribution in [3.05, 3.63) is 52.8 Å². The third-order valence-corrected chi connectivity index (χ3v) is 4.68. The van der Waals surface area contributed by atoms with Crippen LogP contribution in [0.15, 0.2) is 30.5 Å². The normalized spacial score (nSPS) is 17.5. The quantitative estimate of drug-likeness (QED) is 0.844. The lowest BCUT2D eigenvalue weighted by Crippen LogP contribution is -2.23. The number of ketones is 1. The molecule has 1 atom stereocenters. The van der Waals surface area contributed by atoms with E-state index in [-0.39, 0.29) is 17.1 Å². The largest absolute Gasteiger partial charge is 0.347 e. The number of nitrogens with zero attached hydrogens (tertiary/aromatic N) is 3. The fourth-order valence-electron chi connectivity index (χ4n) is 3.14. The van der Waals surface area contributed by atoms with Gasteiger partial charge in [-0.2, -0.15) is 0 Å². The van der Waals surface area contributed by atoms with Crippen molar-refractivity contribution >= 4 is 11.7 Å². The number of carbonyl (C=O) groups is 1. The number of hydrogen-bond acceptors (Lipinski definition) is 4. The maximum Gasteiger partial charge on any atom is 0.225 e. The van der Waals surface area contributed by atoms with E-state index in [1.54, 1.807) is 6.20 Å². The average molecular weight is 323 g/mol. The van der Waals surface area contributed by atoms with E-state index in [2.05, 4.69) is 55.0 Å². The third kappa shape index (κ3) is 3.18. The first-order valence-electron chi connectivity index (χ1n) is 8.42. The van der Waals surface area contributed by atoms with Gasteiger partial charge in [-0.1, -0.05) is 45.0 Å². The minimum Gasteiger partial charge on any atom is -0.347 e. The molecule has 126 valence electrons. The molecule has 4 nitrogen and oxygen atoms in total. The third-order valence-electron chi connectivity index (χ3n) is 4.68. The van der Waals surface area contributed by atoms with Crippen molar-refractivity contribution in [3.63, 3.8) is 0 Å². The summed E-state index contributed by atoms with van der Waals surface area (Å²) >= 11 is 0. The predicted octanol–water partition coefficient (Wildman–Crippen LogP) is 3.75. The van der Waals surface area contributed by atoms with Crippen molar-refractivity contribution in [1.82, 2.24) is 9.97 Å². The molecule has 0 saturated heterocycles. The smallest absolute Gasteiger partial charge is 0.225 e. The Morgan fingerprint density at radius 1 is 1.08 bits per heavy atom. The first-order chi connectivity index (χ1) is 11.3. The summed E-state index contributed by atoms with van der Waals surface area (Å²) in [6.45, 7) is 6.63. The maximum absolute atomic E-state index is 12.5. The van der Waals surface area contributed by atoms with Gasteiger partial charge in [0, 0.05) is 26.7 Å². The highest BCUT2D eigenvalue weighted by molar-refractivity contribution is 5.98. The molecule has 24 heavy (non-hydrogen) atoms. The molecule has 2 aromatic rings. The van der Waals surface area contributed by atoms with Gasteiger partial charge in [0.2, 0.25) is 5.95 Å². The number of Topliss-reactive ketones (excluding diaryl/α,β-unsaturated/α-hetero) is 1. The Balaban J connectivity index is 1.89. The Morgan fingerprint density at radius 2 is 1.75 bits per heavy atom. The predicted molar refractivity (Wildman–Crippen MR) is 96.9 cm³/mol. The monoisotopic (exact) mass is 323 g/mol. The van der Waals surface area contributed by atoms with Gasteiger partial charge >= 0.3 is 0 Å². The SMILES string of the molecule is CN(C)c1ncc2c(n1)C[C@@H](c1ccc(C(C)(C)C)cc1)CC2=O. The fraction of sp³-hybridized carbons (Fsp3) is 0.450. The molecule has 0 bridgehead atoms. The Labute approximate surface area is 143 Å². The van der Waals surface area contributed by atoms with Crippen molar-refractivity contribution < 1.29 is 4.79 Å². The minimum absolute atomic E-state index is 0.140. The lowest BCUT2D eigenvalue weighted by atomic mass is 9.80. The molecule has 1 aromatic carbocycles. The summed E-state index contributed by atoms with van der Waals surface area (Å²) in [7, 11) is 3.82. The number of hydrogen-bond donors (Lipinski definition) is 0. The molecule has 0 aliphatic heterocycles. The lowest BCUT2D eigenvalue weighted by Gasteiger charge is -2.25. The van der Waals surface area contributed by atoms with Crippen LogP contribution in [0.4, 0.5) is 5.95 Å². The van der Waals surface area contributed by atoms with Gasteiger partial charge in [0.05, 0.1) is 11.3 Å². The van der Waals surface area contributed by atoms with Crippen LogP contribution in [0.5, 0.6) is 0 Å². The van der Waals surface area contributed by atoms with Gasteiger partial charge in [-0.15, -0.1) is 0 Å². The number of anilines is 1. The average Bonchev–Trinajstić information content (AvgIpc) is 2.53. The van der Waals surface area contributed by atoms with E-state index in [1.165, 1.54) is 11.1 Å². The molecular formula is C20H25N3O. The summed E-state index contributed by atoms with van der Waals surface area (Å²) in [5.74, 6) is 1.00. The van der Waals surface area contributed by atoms with Crippen LogP contribution >= 0.6 is 0 Å². The van der Waals surface area contributed by atoms with Gasteiger partial charge in [0.15, 0.2) is 5.78 Å². The molecule has 0 fully saturated rings. The van der Waals surface area contributed by atoms with E-state index in [0.717, 1.165) is 12.1 Å². The second-order valence-corrected chi connectivity index (χ2v) is 7.83. The molecular weight excluding hydrogens is 298 g/mol. The van der Waals surface area contributed by atoms with Crippen molar-refractivity contribution in [2.75, 3.05) is 19.0 Å². The molecule has 1 heterocycles. The Morgan fingerprint density at radius 3 is 2.33 bits per heavy atom. The van der Waals surface area contributed by atoms with Gasteiger partial charge in [0.25, 0.3) is 0 Å². The molecule has 1 aromatic heterocycles. The summed E-state index contributed by atoms with van der Waals surface area (Å²) < 4.78 is 0. The Hall–Kier alpha value is -2.23. The van der Waals surface area contributed by atoms with Gasteiger partial charge < -0.3 is 4.90 Å². The molecule has 4 heteroatoms. The Bertz CT molecular complexity index is 757. The molecule has 0 N–H and O–H groups in total. The zero-order valence-corrected chi connectivity index (χ0v) is 15.1. The second-order valence-electron chi connectivity index (χ2n) is 7.83. The van der Waals surface area contributed by atoms with Crippen LogP contribution in [0.2, 0.25) is 0 Å². The molecule has 0 unspecified atom stereocenters. The van der Waals surface area contributed by atoms with Crippen molar-refractivity contribution in [2.45, 2.75) is 44.9 Å². The first kappa shape index (κ1) is 16.6. The number of rotatable bonds is 2. The van der Waals surface area contributed by atoms with E-state index < -0.39 is 0 Å².